The maximum Gasteiger partial charge on any atom is 0.432 e. The van der Waals surface area contributed by atoms with Gasteiger partial charge < -0.3 is 4.74 Å². The van der Waals surface area contributed by atoms with Crippen LogP contribution in [0.15, 0.2) is 0 Å². The molecule has 1 amide bonds. The molecule has 0 fully saturated rings. The molecule has 74 valence electrons. The molecule has 0 saturated carbocycles. The number of hydrogen-bond acceptors (Lipinski definition) is 4. The lowest BCUT2D eigenvalue weighted by Crippen LogP contribution is -2.30. The summed E-state index contributed by atoms with van der Waals surface area (Å²) in [5, 5.41) is 0. The molecule has 0 bridgehead atoms. The normalized spacial score (nSPS) is 9.85. The maximum atomic E-state index is 10.7. The fraction of sp³-hybridized carbons (Fsp3) is 0.625. The minimum absolute atomic E-state index is 0.184. The van der Waals surface area contributed by atoms with Gasteiger partial charge in [0.15, 0.2) is 0 Å². The molecule has 0 saturated heterocycles. The van der Waals surface area contributed by atoms with Crippen molar-refractivity contribution in [2.75, 3.05) is 6.61 Å². The van der Waals surface area contributed by atoms with Gasteiger partial charge in [0.2, 0.25) is 0 Å². The van der Waals surface area contributed by atoms with Crippen LogP contribution in [0, 0.1) is 17.3 Å². The Kier molecular flexibility index (Phi) is 4.89. The van der Waals surface area contributed by atoms with Crippen LogP contribution in [0.2, 0.25) is 0 Å². The molecular weight excluding hydrogens is 172 g/mol. The molecule has 0 aromatic carbocycles. The monoisotopic (exact) mass is 186 g/mol. The second kappa shape index (κ2) is 5.41. The fourth-order valence-corrected chi connectivity index (χ4v) is 0.698. The number of carbonyl (C=O) groups is 1. The van der Waals surface area contributed by atoms with Crippen LogP contribution in [-0.2, 0) is 9.68 Å². The van der Waals surface area contributed by atoms with Gasteiger partial charge in [-0.15, -0.1) is 5.92 Å². The smallest absolute Gasteiger partial charge is 0.432 e. The predicted octanol–water partition coefficient (Wildman–Crippen LogP) is 0.567. The van der Waals surface area contributed by atoms with Crippen molar-refractivity contribution in [3.63, 3.8) is 0 Å². The van der Waals surface area contributed by atoms with Crippen molar-refractivity contribution in [3.8, 4) is 11.8 Å². The Labute approximate surface area is 77.5 Å². The molecule has 0 aromatic rings. The van der Waals surface area contributed by atoms with Crippen LogP contribution < -0.4 is 11.4 Å². The third-order valence-corrected chi connectivity index (χ3v) is 1.17. The second-order valence-corrected chi connectivity index (χ2v) is 3.05. The molecule has 3 N–H and O–H groups in total. The summed E-state index contributed by atoms with van der Waals surface area (Å²) in [6, 6.07) is 0. The average Bonchev–Trinajstić information content (AvgIpc) is 2.02. The molecule has 0 aliphatic heterocycles. The quantitative estimate of drug-likeness (QED) is 0.499. The molecular formula is C8H14N2O3. The van der Waals surface area contributed by atoms with Crippen molar-refractivity contribution in [2.24, 2.45) is 11.3 Å². The Morgan fingerprint density at radius 1 is 1.62 bits per heavy atom. The lowest BCUT2D eigenvalue weighted by Gasteiger charge is -2.16. The zero-order chi connectivity index (χ0) is 10.3. The predicted molar refractivity (Wildman–Crippen MR) is 47.0 cm³/mol. The van der Waals surface area contributed by atoms with Gasteiger partial charge in [-0.1, -0.05) is 5.92 Å². The standard InChI is InChI=1S/C8H14N2O3/c1-4-5-8(2,3)6-12-7(11)10-13-9/h6,9H2,1-3H3,(H,10,11). The maximum absolute atomic E-state index is 10.7. The molecule has 5 heteroatoms. The fourth-order valence-electron chi connectivity index (χ4n) is 0.698. The van der Waals surface area contributed by atoms with Gasteiger partial charge in [-0.05, 0) is 20.8 Å². The van der Waals surface area contributed by atoms with E-state index in [-0.39, 0.29) is 12.0 Å². The highest BCUT2D eigenvalue weighted by Crippen LogP contribution is 2.13. The number of hydroxylamine groups is 1. The van der Waals surface area contributed by atoms with E-state index in [1.54, 1.807) is 6.92 Å². The number of nitrogens with two attached hydrogens (primary N) is 1. The van der Waals surface area contributed by atoms with Crippen LogP contribution >= 0.6 is 0 Å². The lowest BCUT2D eigenvalue weighted by atomic mass is 9.96. The van der Waals surface area contributed by atoms with E-state index >= 15 is 0 Å². The summed E-state index contributed by atoms with van der Waals surface area (Å²) in [4.78, 5) is 14.6. The topological polar surface area (TPSA) is 73.6 Å². The number of rotatable bonds is 3. The van der Waals surface area contributed by atoms with Crippen molar-refractivity contribution in [1.82, 2.24) is 5.48 Å². The summed E-state index contributed by atoms with van der Waals surface area (Å²) in [5.74, 6) is 10.2. The molecule has 0 rings (SSSR count). The molecule has 0 radical (unpaired) electrons. The highest BCUT2D eigenvalue weighted by molar-refractivity contribution is 5.65. The summed E-state index contributed by atoms with van der Waals surface area (Å²) < 4.78 is 4.74. The summed E-state index contributed by atoms with van der Waals surface area (Å²) in [7, 11) is 0. The van der Waals surface area contributed by atoms with E-state index in [0.717, 1.165) is 0 Å². The van der Waals surface area contributed by atoms with Gasteiger partial charge in [-0.2, -0.15) is 16.3 Å². The average molecular weight is 186 g/mol. The van der Waals surface area contributed by atoms with E-state index in [4.69, 9.17) is 4.74 Å². The van der Waals surface area contributed by atoms with Crippen LogP contribution in [0.4, 0.5) is 4.79 Å². The zero-order valence-corrected chi connectivity index (χ0v) is 8.01. The van der Waals surface area contributed by atoms with Gasteiger partial charge in [0.1, 0.15) is 6.61 Å². The summed E-state index contributed by atoms with van der Waals surface area (Å²) >= 11 is 0. The number of nitrogens with one attached hydrogen (secondary N) is 1. The number of amides is 1. The molecule has 0 aromatic heterocycles. The van der Waals surface area contributed by atoms with Crippen molar-refractivity contribution in [3.05, 3.63) is 0 Å². The lowest BCUT2D eigenvalue weighted by molar-refractivity contribution is 0.0203. The Bertz CT molecular complexity index is 227. The summed E-state index contributed by atoms with van der Waals surface area (Å²) in [5.41, 5.74) is 1.47. The third-order valence-electron chi connectivity index (χ3n) is 1.17. The molecule has 0 spiro atoms. The Morgan fingerprint density at radius 2 is 2.23 bits per heavy atom. The van der Waals surface area contributed by atoms with Crippen LogP contribution in [-0.4, -0.2) is 12.7 Å². The minimum atomic E-state index is -0.728. The van der Waals surface area contributed by atoms with E-state index in [0.29, 0.717) is 0 Å². The first-order valence-electron chi connectivity index (χ1n) is 3.74. The van der Waals surface area contributed by atoms with Crippen LogP contribution in [0.5, 0.6) is 0 Å². The molecule has 0 aliphatic rings. The molecule has 0 aliphatic carbocycles. The van der Waals surface area contributed by atoms with Crippen molar-refractivity contribution in [1.29, 1.82) is 0 Å². The van der Waals surface area contributed by atoms with Gasteiger partial charge >= 0.3 is 6.09 Å². The van der Waals surface area contributed by atoms with E-state index in [1.807, 2.05) is 19.3 Å². The first kappa shape index (κ1) is 11.8. The largest absolute Gasteiger partial charge is 0.446 e. The number of carbonyl (C=O) groups excluding carboxylic acids is 1. The Balaban J connectivity index is 3.85. The van der Waals surface area contributed by atoms with Gasteiger partial charge in [-0.25, -0.2) is 4.79 Å². The minimum Gasteiger partial charge on any atom is -0.446 e. The molecule has 0 heterocycles. The number of ether oxygens (including phenoxy) is 1. The second-order valence-electron chi connectivity index (χ2n) is 3.05. The van der Waals surface area contributed by atoms with E-state index in [9.17, 15) is 4.79 Å². The van der Waals surface area contributed by atoms with E-state index in [2.05, 4.69) is 22.7 Å². The van der Waals surface area contributed by atoms with Crippen LogP contribution in [0.3, 0.4) is 0 Å². The SMILES string of the molecule is CC#CC(C)(C)COC(=O)NON. The molecule has 13 heavy (non-hydrogen) atoms. The molecule has 5 nitrogen and oxygen atoms in total. The molecule has 0 atom stereocenters. The highest BCUT2D eigenvalue weighted by atomic mass is 16.8. The van der Waals surface area contributed by atoms with Gasteiger partial charge in [0.05, 0.1) is 5.41 Å². The number of hydrogen-bond donors (Lipinski definition) is 2. The summed E-state index contributed by atoms with van der Waals surface area (Å²) in [6.07, 6.45) is -0.728. The van der Waals surface area contributed by atoms with Gasteiger partial charge in [0, 0.05) is 0 Å². The zero-order valence-electron chi connectivity index (χ0n) is 8.01. The van der Waals surface area contributed by atoms with Gasteiger partial charge in [-0.3, -0.25) is 0 Å². The Hall–Kier alpha value is -1.25. The molecule has 0 unspecified atom stereocenters. The third kappa shape index (κ3) is 5.96. The first-order chi connectivity index (χ1) is 6.02. The first-order valence-corrected chi connectivity index (χ1v) is 3.74. The van der Waals surface area contributed by atoms with Crippen LogP contribution in [0.1, 0.15) is 20.8 Å². The van der Waals surface area contributed by atoms with Crippen molar-refractivity contribution >= 4 is 6.09 Å². The summed E-state index contributed by atoms with van der Waals surface area (Å²) in [6.45, 7) is 5.63. The van der Waals surface area contributed by atoms with Crippen LogP contribution in [0.25, 0.3) is 0 Å². The van der Waals surface area contributed by atoms with Crippen molar-refractivity contribution in [2.45, 2.75) is 20.8 Å². The highest BCUT2D eigenvalue weighted by Gasteiger charge is 2.16. The van der Waals surface area contributed by atoms with E-state index in [1.165, 1.54) is 0 Å². The Morgan fingerprint density at radius 3 is 2.69 bits per heavy atom. The van der Waals surface area contributed by atoms with Gasteiger partial charge in [0.25, 0.3) is 0 Å². The van der Waals surface area contributed by atoms with E-state index < -0.39 is 6.09 Å². The van der Waals surface area contributed by atoms with Crippen molar-refractivity contribution < 1.29 is 14.5 Å².